The molecule has 0 spiro atoms. The number of benzene rings is 2. The topological polar surface area (TPSA) is 43.7 Å². The van der Waals surface area contributed by atoms with Gasteiger partial charge in [0, 0.05) is 47.3 Å². The fourth-order valence-electron chi connectivity index (χ4n) is 5.76. The van der Waals surface area contributed by atoms with E-state index in [0.29, 0.717) is 12.1 Å². The monoisotopic (exact) mass is 466 g/mol. The minimum absolute atomic E-state index is 0.0906. The number of hydrogen-bond acceptors (Lipinski definition) is 4. The van der Waals surface area contributed by atoms with Crippen LogP contribution in [0.2, 0.25) is 5.02 Å². The highest BCUT2D eigenvalue weighted by Crippen LogP contribution is 2.38. The van der Waals surface area contributed by atoms with Gasteiger partial charge in [0.2, 0.25) is 0 Å². The molecule has 5 nitrogen and oxygen atoms in total. The summed E-state index contributed by atoms with van der Waals surface area (Å²) in [6, 6.07) is 14.8. The van der Waals surface area contributed by atoms with Gasteiger partial charge in [-0.25, -0.2) is 0 Å². The normalized spacial score (nSPS) is 22.6. The Morgan fingerprint density at radius 2 is 1.79 bits per heavy atom. The van der Waals surface area contributed by atoms with Gasteiger partial charge >= 0.3 is 0 Å². The van der Waals surface area contributed by atoms with Crippen molar-refractivity contribution in [1.82, 2.24) is 9.47 Å². The van der Waals surface area contributed by atoms with Crippen LogP contribution in [0.5, 0.6) is 11.5 Å². The van der Waals surface area contributed by atoms with E-state index < -0.39 is 0 Å². The van der Waals surface area contributed by atoms with Crippen LogP contribution in [0.1, 0.15) is 49.4 Å². The third kappa shape index (κ3) is 4.49. The van der Waals surface area contributed by atoms with Crippen molar-refractivity contribution in [1.29, 1.82) is 0 Å². The van der Waals surface area contributed by atoms with Gasteiger partial charge in [-0.2, -0.15) is 0 Å². The molecule has 0 radical (unpaired) electrons. The van der Waals surface area contributed by atoms with E-state index in [1.165, 1.54) is 12.8 Å². The van der Waals surface area contributed by atoms with E-state index in [1.807, 2.05) is 48.7 Å². The van der Waals surface area contributed by atoms with Crippen molar-refractivity contribution in [3.8, 4) is 11.5 Å². The second-order valence-electron chi connectivity index (χ2n) is 9.29. The van der Waals surface area contributed by atoms with Crippen molar-refractivity contribution < 1.29 is 14.3 Å². The molecule has 2 aliphatic rings. The Bertz CT molecular complexity index is 1130. The van der Waals surface area contributed by atoms with Crippen LogP contribution in [0.3, 0.4) is 0 Å². The SMILES string of the molecule is COc1cccc2c(C(C)=O)cn(CCCN3[C@@H]4CC[C@H]3CC(Oc3ccc(Cl)cc3)C4)c12. The number of aryl methyl sites for hydroxylation is 1. The second-order valence-corrected chi connectivity index (χ2v) is 9.73. The highest BCUT2D eigenvalue weighted by Gasteiger charge is 2.41. The second kappa shape index (κ2) is 9.40. The molecule has 3 aromatic rings. The van der Waals surface area contributed by atoms with Crippen LogP contribution in [-0.4, -0.2) is 47.1 Å². The number of aromatic nitrogens is 1. The number of ether oxygens (including phenoxy) is 2. The first kappa shape index (κ1) is 22.3. The molecule has 0 saturated carbocycles. The molecule has 2 saturated heterocycles. The van der Waals surface area contributed by atoms with Gasteiger partial charge in [-0.05, 0) is 69.4 Å². The average molecular weight is 467 g/mol. The van der Waals surface area contributed by atoms with Crippen molar-refractivity contribution in [2.24, 2.45) is 0 Å². The molecule has 3 atom stereocenters. The zero-order valence-electron chi connectivity index (χ0n) is 19.3. The van der Waals surface area contributed by atoms with Gasteiger partial charge in [0.1, 0.15) is 17.6 Å². The third-order valence-corrected chi connectivity index (χ3v) is 7.49. The lowest BCUT2D eigenvalue weighted by Crippen LogP contribution is -2.46. The number of nitrogens with zero attached hydrogens (tertiary/aromatic N) is 2. The zero-order valence-corrected chi connectivity index (χ0v) is 20.1. The van der Waals surface area contributed by atoms with Crippen molar-refractivity contribution in [3.05, 3.63) is 59.2 Å². The maximum Gasteiger partial charge on any atom is 0.161 e. The number of hydrogen-bond donors (Lipinski definition) is 0. The van der Waals surface area contributed by atoms with Gasteiger partial charge in [0.25, 0.3) is 0 Å². The molecular weight excluding hydrogens is 436 g/mol. The molecule has 2 aliphatic heterocycles. The van der Waals surface area contributed by atoms with Crippen LogP contribution in [-0.2, 0) is 6.54 Å². The van der Waals surface area contributed by atoms with Crippen LogP contribution >= 0.6 is 11.6 Å². The lowest BCUT2D eigenvalue weighted by atomic mass is 9.99. The van der Waals surface area contributed by atoms with Gasteiger partial charge < -0.3 is 14.0 Å². The van der Waals surface area contributed by atoms with Crippen LogP contribution in [0.15, 0.2) is 48.7 Å². The van der Waals surface area contributed by atoms with Gasteiger partial charge in [0.15, 0.2) is 5.78 Å². The largest absolute Gasteiger partial charge is 0.495 e. The standard InChI is InChI=1S/C27H31ClN2O3/c1-18(31)25-17-29(27-24(25)5-3-6-26(27)32-2)13-4-14-30-20-9-10-21(30)16-23(15-20)33-22-11-7-19(28)8-12-22/h3,5-8,11-12,17,20-21,23H,4,9-10,13-16H2,1-2H3/t20-,21+,23?. The van der Waals surface area contributed by atoms with E-state index in [0.717, 1.165) is 65.3 Å². The predicted molar refractivity (Wildman–Crippen MR) is 132 cm³/mol. The first-order valence-corrected chi connectivity index (χ1v) is 12.3. The van der Waals surface area contributed by atoms with Crippen LogP contribution < -0.4 is 9.47 Å². The summed E-state index contributed by atoms with van der Waals surface area (Å²) in [5, 5.41) is 1.71. The molecule has 3 heterocycles. The highest BCUT2D eigenvalue weighted by atomic mass is 35.5. The number of para-hydroxylation sites is 1. The molecule has 174 valence electrons. The molecule has 6 heteroatoms. The number of Topliss-reactive ketones (excluding diaryl/α,β-unsaturated/α-hetero) is 1. The molecular formula is C27H31ClN2O3. The van der Waals surface area contributed by atoms with Gasteiger partial charge in [-0.3, -0.25) is 9.69 Å². The van der Waals surface area contributed by atoms with E-state index in [2.05, 4.69) is 9.47 Å². The highest BCUT2D eigenvalue weighted by molar-refractivity contribution is 6.30. The average Bonchev–Trinajstić information content (AvgIpc) is 3.29. The summed E-state index contributed by atoms with van der Waals surface area (Å²) in [4.78, 5) is 14.9. The Morgan fingerprint density at radius 3 is 2.45 bits per heavy atom. The van der Waals surface area contributed by atoms with Crippen molar-refractivity contribution in [2.45, 2.75) is 63.8 Å². The third-order valence-electron chi connectivity index (χ3n) is 7.23. The van der Waals surface area contributed by atoms with Gasteiger partial charge in [0.05, 0.1) is 12.6 Å². The van der Waals surface area contributed by atoms with Crippen molar-refractivity contribution in [3.63, 3.8) is 0 Å². The zero-order chi connectivity index (χ0) is 22.9. The first-order valence-electron chi connectivity index (χ1n) is 11.9. The Kier molecular flexibility index (Phi) is 6.35. The molecule has 5 rings (SSSR count). The van der Waals surface area contributed by atoms with Crippen LogP contribution in [0, 0.1) is 0 Å². The Balaban J connectivity index is 1.23. The van der Waals surface area contributed by atoms with Crippen molar-refractivity contribution >= 4 is 28.3 Å². The number of piperidine rings is 1. The number of fused-ring (bicyclic) bond motifs is 3. The summed E-state index contributed by atoms with van der Waals surface area (Å²) in [6.45, 7) is 3.56. The van der Waals surface area contributed by atoms with E-state index in [9.17, 15) is 4.79 Å². The maximum atomic E-state index is 12.2. The fourth-order valence-corrected chi connectivity index (χ4v) is 5.89. The summed E-state index contributed by atoms with van der Waals surface area (Å²) < 4.78 is 14.1. The Morgan fingerprint density at radius 1 is 1.06 bits per heavy atom. The maximum absolute atomic E-state index is 12.2. The number of halogens is 1. The molecule has 33 heavy (non-hydrogen) atoms. The molecule has 0 N–H and O–H groups in total. The Labute approximate surface area is 200 Å². The minimum atomic E-state index is 0.0906. The van der Waals surface area contributed by atoms with E-state index in [-0.39, 0.29) is 11.9 Å². The van der Waals surface area contributed by atoms with Crippen LogP contribution in [0.25, 0.3) is 10.9 Å². The lowest BCUT2D eigenvalue weighted by molar-refractivity contribution is 0.0482. The molecule has 2 fully saturated rings. The summed E-state index contributed by atoms with van der Waals surface area (Å²) >= 11 is 6.00. The van der Waals surface area contributed by atoms with E-state index in [4.69, 9.17) is 21.1 Å². The molecule has 0 aliphatic carbocycles. The predicted octanol–water partition coefficient (Wildman–Crippen LogP) is 5.97. The lowest BCUT2D eigenvalue weighted by Gasteiger charge is -2.39. The molecule has 0 amide bonds. The van der Waals surface area contributed by atoms with Crippen LogP contribution in [0.4, 0.5) is 0 Å². The van der Waals surface area contributed by atoms with Gasteiger partial charge in [-0.1, -0.05) is 23.7 Å². The Hall–Kier alpha value is -2.50. The number of methoxy groups -OCH3 is 1. The van der Waals surface area contributed by atoms with E-state index >= 15 is 0 Å². The summed E-state index contributed by atoms with van der Waals surface area (Å²) in [6.07, 6.45) is 7.96. The molecule has 2 aromatic carbocycles. The van der Waals surface area contributed by atoms with E-state index in [1.54, 1.807) is 14.0 Å². The summed E-state index contributed by atoms with van der Waals surface area (Å²) in [5.41, 5.74) is 1.78. The minimum Gasteiger partial charge on any atom is -0.495 e. The smallest absolute Gasteiger partial charge is 0.161 e. The number of ketones is 1. The molecule has 2 bridgehead atoms. The number of carbonyl (C=O) groups is 1. The number of carbonyl (C=O) groups excluding carboxylic acids is 1. The molecule has 1 aromatic heterocycles. The first-order chi connectivity index (χ1) is 16.0. The summed E-state index contributed by atoms with van der Waals surface area (Å²) in [5.74, 6) is 1.82. The van der Waals surface area contributed by atoms with Gasteiger partial charge in [-0.15, -0.1) is 0 Å². The summed E-state index contributed by atoms with van der Waals surface area (Å²) in [7, 11) is 1.69. The number of rotatable bonds is 8. The quantitative estimate of drug-likeness (QED) is 0.383. The molecule has 1 unspecified atom stereocenters. The van der Waals surface area contributed by atoms with Crippen molar-refractivity contribution in [2.75, 3.05) is 13.7 Å². The fraction of sp³-hybridized carbons (Fsp3) is 0.444.